The van der Waals surface area contributed by atoms with Gasteiger partial charge in [-0.1, -0.05) is 36.4 Å². The van der Waals surface area contributed by atoms with E-state index in [1.807, 2.05) is 59.3 Å². The van der Waals surface area contributed by atoms with Gasteiger partial charge in [0, 0.05) is 21.4 Å². The fourth-order valence-electron chi connectivity index (χ4n) is 2.97. The Kier molecular flexibility index (Phi) is 5.23. The van der Waals surface area contributed by atoms with E-state index in [0.717, 1.165) is 21.2 Å². The van der Waals surface area contributed by atoms with Gasteiger partial charge in [-0.2, -0.15) is 0 Å². The zero-order valence-electron chi connectivity index (χ0n) is 15.1. The van der Waals surface area contributed by atoms with Crippen molar-refractivity contribution in [1.82, 2.24) is 0 Å². The molecule has 4 rings (SSSR count). The van der Waals surface area contributed by atoms with E-state index in [-0.39, 0.29) is 12.5 Å². The first-order chi connectivity index (χ1) is 13.7. The summed E-state index contributed by atoms with van der Waals surface area (Å²) in [5.74, 6) is -0.683. The van der Waals surface area contributed by atoms with Crippen LogP contribution >= 0.6 is 22.7 Å². The van der Waals surface area contributed by atoms with E-state index in [4.69, 9.17) is 4.74 Å². The Hall–Kier alpha value is -2.96. The number of ether oxygens (including phenoxy) is 1. The molecule has 0 aliphatic carbocycles. The number of carbonyl (C=O) groups is 2. The molecule has 1 amide bonds. The molecular weight excluding hydrogens is 390 g/mol. The van der Waals surface area contributed by atoms with Gasteiger partial charge in [0.05, 0.1) is 6.61 Å². The fraction of sp³-hybridized carbons (Fsp3) is 0.0909. The third-order valence-corrected chi connectivity index (χ3v) is 6.09. The molecule has 28 heavy (non-hydrogen) atoms. The van der Waals surface area contributed by atoms with E-state index < -0.39 is 5.97 Å². The molecule has 2 aromatic carbocycles. The van der Waals surface area contributed by atoms with E-state index in [2.05, 4.69) is 5.32 Å². The Morgan fingerprint density at radius 1 is 1.00 bits per heavy atom. The van der Waals surface area contributed by atoms with Gasteiger partial charge >= 0.3 is 5.97 Å². The van der Waals surface area contributed by atoms with Crippen LogP contribution in [0.25, 0.3) is 21.2 Å². The molecule has 0 aliphatic rings. The zero-order chi connectivity index (χ0) is 19.5. The maximum absolute atomic E-state index is 12.8. The van der Waals surface area contributed by atoms with Crippen LogP contribution in [-0.2, 0) is 4.74 Å². The second-order valence-electron chi connectivity index (χ2n) is 6.07. The second kappa shape index (κ2) is 7.96. The molecule has 2 heterocycles. The number of hydrogen-bond acceptors (Lipinski definition) is 5. The highest BCUT2D eigenvalue weighted by Crippen LogP contribution is 2.38. The van der Waals surface area contributed by atoms with Crippen molar-refractivity contribution in [2.45, 2.75) is 6.92 Å². The summed E-state index contributed by atoms with van der Waals surface area (Å²) in [4.78, 5) is 26.4. The summed E-state index contributed by atoms with van der Waals surface area (Å²) in [6, 6.07) is 17.3. The van der Waals surface area contributed by atoms with Gasteiger partial charge < -0.3 is 10.1 Å². The lowest BCUT2D eigenvalue weighted by Crippen LogP contribution is -2.14. The van der Waals surface area contributed by atoms with Crippen molar-refractivity contribution in [2.75, 3.05) is 11.9 Å². The van der Waals surface area contributed by atoms with Crippen molar-refractivity contribution in [1.29, 1.82) is 0 Å². The molecule has 4 aromatic rings. The molecule has 6 heteroatoms. The van der Waals surface area contributed by atoms with Crippen LogP contribution in [0.5, 0.6) is 0 Å². The van der Waals surface area contributed by atoms with Crippen LogP contribution in [0.15, 0.2) is 65.4 Å². The van der Waals surface area contributed by atoms with Gasteiger partial charge in [-0.3, -0.25) is 4.79 Å². The van der Waals surface area contributed by atoms with E-state index in [1.54, 1.807) is 24.3 Å². The summed E-state index contributed by atoms with van der Waals surface area (Å²) in [6.07, 6.45) is 0. The third kappa shape index (κ3) is 3.56. The fourth-order valence-corrected chi connectivity index (χ4v) is 4.74. The predicted molar refractivity (Wildman–Crippen MR) is 115 cm³/mol. The Balaban J connectivity index is 1.68. The SMILES string of the molecule is CCOC(=O)c1c(-c2cccs2)csc1NC(=O)c1ccc2ccccc2c1. The Morgan fingerprint density at radius 3 is 2.57 bits per heavy atom. The van der Waals surface area contributed by atoms with Crippen LogP contribution in [0.1, 0.15) is 27.6 Å². The molecular formula is C22H17NO3S2. The number of hydrogen-bond donors (Lipinski definition) is 1. The summed E-state index contributed by atoms with van der Waals surface area (Å²) in [6.45, 7) is 2.04. The van der Waals surface area contributed by atoms with E-state index in [1.165, 1.54) is 11.3 Å². The molecule has 0 unspecified atom stereocenters. The summed E-state index contributed by atoms with van der Waals surface area (Å²) in [7, 11) is 0. The lowest BCUT2D eigenvalue weighted by Gasteiger charge is -2.09. The van der Waals surface area contributed by atoms with Crippen molar-refractivity contribution in [2.24, 2.45) is 0 Å². The number of fused-ring (bicyclic) bond motifs is 1. The molecule has 0 fully saturated rings. The van der Waals surface area contributed by atoms with E-state index in [0.29, 0.717) is 16.1 Å². The van der Waals surface area contributed by atoms with Gasteiger partial charge in [0.15, 0.2) is 0 Å². The van der Waals surface area contributed by atoms with Crippen LogP contribution in [-0.4, -0.2) is 18.5 Å². The van der Waals surface area contributed by atoms with Gasteiger partial charge in [0.2, 0.25) is 0 Å². The highest BCUT2D eigenvalue weighted by atomic mass is 32.1. The lowest BCUT2D eigenvalue weighted by molar-refractivity contribution is 0.0529. The molecule has 0 spiro atoms. The normalized spacial score (nSPS) is 10.8. The van der Waals surface area contributed by atoms with Crippen LogP contribution < -0.4 is 5.32 Å². The topological polar surface area (TPSA) is 55.4 Å². The zero-order valence-corrected chi connectivity index (χ0v) is 16.7. The first-order valence-corrected chi connectivity index (χ1v) is 10.6. The van der Waals surface area contributed by atoms with Gasteiger partial charge in [0.1, 0.15) is 10.6 Å². The maximum atomic E-state index is 12.8. The standard InChI is InChI=1S/C22H17NO3S2/c1-2-26-22(25)19-17(18-8-5-11-27-18)13-28-21(19)23-20(24)16-10-9-14-6-3-4-7-15(14)12-16/h3-13H,2H2,1H3,(H,23,24). The number of anilines is 1. The number of nitrogens with one attached hydrogen (secondary N) is 1. The van der Waals surface area contributed by atoms with Crippen LogP contribution in [0.4, 0.5) is 5.00 Å². The summed E-state index contributed by atoms with van der Waals surface area (Å²) >= 11 is 2.87. The van der Waals surface area contributed by atoms with Crippen LogP contribution in [0.2, 0.25) is 0 Å². The number of esters is 1. The Morgan fingerprint density at radius 2 is 1.82 bits per heavy atom. The van der Waals surface area contributed by atoms with Crippen LogP contribution in [0, 0.1) is 0 Å². The summed E-state index contributed by atoms with van der Waals surface area (Å²) in [5.41, 5.74) is 1.73. The molecule has 0 aliphatic heterocycles. The molecule has 1 N–H and O–H groups in total. The first kappa shape index (κ1) is 18.4. The second-order valence-corrected chi connectivity index (χ2v) is 7.89. The number of benzene rings is 2. The van der Waals surface area contributed by atoms with Gasteiger partial charge in [-0.05, 0) is 41.3 Å². The minimum atomic E-state index is -0.430. The number of carbonyl (C=O) groups excluding carboxylic acids is 2. The van der Waals surface area contributed by atoms with Crippen molar-refractivity contribution >= 4 is 50.3 Å². The van der Waals surface area contributed by atoms with Gasteiger partial charge in [-0.25, -0.2) is 4.79 Å². The molecule has 0 atom stereocenters. The maximum Gasteiger partial charge on any atom is 0.341 e. The molecule has 2 aromatic heterocycles. The van der Waals surface area contributed by atoms with E-state index >= 15 is 0 Å². The monoisotopic (exact) mass is 407 g/mol. The largest absolute Gasteiger partial charge is 0.462 e. The Bertz CT molecular complexity index is 1150. The molecule has 0 radical (unpaired) electrons. The summed E-state index contributed by atoms with van der Waals surface area (Å²) in [5, 5.41) is 9.30. The molecule has 0 bridgehead atoms. The number of amides is 1. The van der Waals surface area contributed by atoms with Crippen molar-refractivity contribution in [3.63, 3.8) is 0 Å². The average Bonchev–Trinajstić information content (AvgIpc) is 3.37. The van der Waals surface area contributed by atoms with E-state index in [9.17, 15) is 9.59 Å². The minimum Gasteiger partial charge on any atom is -0.462 e. The highest BCUT2D eigenvalue weighted by Gasteiger charge is 2.23. The van der Waals surface area contributed by atoms with Crippen molar-refractivity contribution in [3.05, 3.63) is 76.5 Å². The molecule has 0 saturated carbocycles. The van der Waals surface area contributed by atoms with Gasteiger partial charge in [0.25, 0.3) is 5.91 Å². The van der Waals surface area contributed by atoms with Gasteiger partial charge in [-0.15, -0.1) is 22.7 Å². The highest BCUT2D eigenvalue weighted by molar-refractivity contribution is 7.17. The number of rotatable bonds is 5. The first-order valence-electron chi connectivity index (χ1n) is 8.80. The molecule has 0 saturated heterocycles. The molecule has 140 valence electrons. The Labute approximate surface area is 170 Å². The summed E-state index contributed by atoms with van der Waals surface area (Å²) < 4.78 is 5.23. The predicted octanol–water partition coefficient (Wildman–Crippen LogP) is 6.06. The van der Waals surface area contributed by atoms with Crippen molar-refractivity contribution < 1.29 is 14.3 Å². The third-order valence-electron chi connectivity index (χ3n) is 4.30. The quantitative estimate of drug-likeness (QED) is 0.409. The molecule has 4 nitrogen and oxygen atoms in total. The smallest absolute Gasteiger partial charge is 0.341 e. The average molecular weight is 408 g/mol. The number of thiophene rings is 2. The van der Waals surface area contributed by atoms with Crippen molar-refractivity contribution in [3.8, 4) is 10.4 Å². The van der Waals surface area contributed by atoms with Crippen LogP contribution in [0.3, 0.4) is 0 Å². The minimum absolute atomic E-state index is 0.254. The lowest BCUT2D eigenvalue weighted by atomic mass is 10.1.